The van der Waals surface area contributed by atoms with Gasteiger partial charge in [-0.15, -0.1) is 0 Å². The van der Waals surface area contributed by atoms with E-state index >= 15 is 0 Å². The fourth-order valence-corrected chi connectivity index (χ4v) is 4.33. The van der Waals surface area contributed by atoms with Gasteiger partial charge < -0.3 is 14.5 Å². The minimum absolute atomic E-state index is 0.202. The highest BCUT2D eigenvalue weighted by Crippen LogP contribution is 2.22. The highest BCUT2D eigenvalue weighted by atomic mass is 16.5. The van der Waals surface area contributed by atoms with Gasteiger partial charge in [0.1, 0.15) is 0 Å². The Morgan fingerprint density at radius 2 is 1.93 bits per heavy atom. The molecule has 27 heavy (non-hydrogen) atoms. The predicted octanol–water partition coefficient (Wildman–Crippen LogP) is 2.87. The predicted molar refractivity (Wildman–Crippen MR) is 112 cm³/mol. The van der Waals surface area contributed by atoms with E-state index in [1.165, 1.54) is 32.2 Å². The van der Waals surface area contributed by atoms with Gasteiger partial charge in [0.05, 0.1) is 6.61 Å². The summed E-state index contributed by atoms with van der Waals surface area (Å²) in [6.45, 7) is 14.6. The molecule has 1 unspecified atom stereocenters. The Labute approximate surface area is 166 Å². The normalized spacial score (nSPS) is 22.9. The zero-order valence-electron chi connectivity index (χ0n) is 18.0. The van der Waals surface area contributed by atoms with Gasteiger partial charge >= 0.3 is 0 Å². The number of likely N-dealkylation sites (N-methyl/N-ethyl adjacent to an activating group) is 1. The molecule has 0 aliphatic carbocycles. The highest BCUT2D eigenvalue weighted by Gasteiger charge is 2.29. The quantitative estimate of drug-likeness (QED) is 0.547. The average molecular weight is 380 g/mol. The molecule has 0 aromatic heterocycles. The van der Waals surface area contributed by atoms with Crippen LogP contribution in [-0.4, -0.2) is 86.2 Å². The summed E-state index contributed by atoms with van der Waals surface area (Å²) in [4.78, 5) is 20.1. The first-order chi connectivity index (χ1) is 13.0. The van der Waals surface area contributed by atoms with Crippen molar-refractivity contribution < 1.29 is 9.53 Å². The van der Waals surface area contributed by atoms with Gasteiger partial charge in [-0.2, -0.15) is 0 Å². The molecule has 2 heterocycles. The molecule has 1 atom stereocenters. The first-order valence-electron chi connectivity index (χ1n) is 11.0. The third kappa shape index (κ3) is 7.55. The molecule has 156 valence electrons. The number of ether oxygens (including phenoxy) is 1. The van der Waals surface area contributed by atoms with Crippen LogP contribution in [0.5, 0.6) is 0 Å². The lowest BCUT2D eigenvalue weighted by atomic mass is 9.95. The number of hydrogen-bond acceptors (Lipinski definition) is 4. The molecule has 1 amide bonds. The van der Waals surface area contributed by atoms with Gasteiger partial charge in [-0.05, 0) is 69.8 Å². The lowest BCUT2D eigenvalue weighted by Gasteiger charge is -2.36. The van der Waals surface area contributed by atoms with E-state index in [-0.39, 0.29) is 5.91 Å². The smallest absolute Gasteiger partial charge is 0.246 e. The number of amides is 1. The molecule has 2 saturated heterocycles. The van der Waals surface area contributed by atoms with E-state index < -0.39 is 0 Å². The van der Waals surface area contributed by atoms with E-state index in [9.17, 15) is 4.79 Å². The van der Waals surface area contributed by atoms with Crippen LogP contribution >= 0.6 is 0 Å². The zero-order chi connectivity index (χ0) is 19.6. The molecule has 2 rings (SSSR count). The van der Waals surface area contributed by atoms with E-state index in [0.717, 1.165) is 45.9 Å². The lowest BCUT2D eigenvalue weighted by Crippen LogP contribution is -2.46. The summed E-state index contributed by atoms with van der Waals surface area (Å²) in [5.74, 6) is 1.24. The number of piperidine rings is 1. The fraction of sp³-hybridized carbons (Fsp3) is 0.864. The molecular weight excluding hydrogens is 338 g/mol. The number of carbonyl (C=O) groups is 1. The Hall–Kier alpha value is -0.910. The van der Waals surface area contributed by atoms with Crippen LogP contribution in [0.15, 0.2) is 12.2 Å². The maximum absolute atomic E-state index is 12.9. The summed E-state index contributed by atoms with van der Waals surface area (Å²) in [5.41, 5.74) is 0. The van der Waals surface area contributed by atoms with Crippen LogP contribution in [-0.2, 0) is 9.53 Å². The standard InChI is InChI=1S/C22H41N3O2/c1-5-24-12-6-7-21(24)18-25(22(26)9-8-19(2)3)17-20-10-13-23(14-11-20)15-16-27-4/h8-9,19-21H,5-7,10-18H2,1-4H3. The third-order valence-corrected chi connectivity index (χ3v) is 6.07. The number of carbonyl (C=O) groups excluding carboxylic acids is 1. The van der Waals surface area contributed by atoms with Crippen LogP contribution in [0.4, 0.5) is 0 Å². The average Bonchev–Trinajstić information content (AvgIpc) is 3.12. The van der Waals surface area contributed by atoms with Crippen LogP contribution in [0.2, 0.25) is 0 Å². The van der Waals surface area contributed by atoms with E-state index in [1.807, 2.05) is 12.2 Å². The second kappa shape index (κ2) is 11.8. The molecule has 2 aliphatic rings. The lowest BCUT2D eigenvalue weighted by molar-refractivity contribution is -0.127. The molecule has 0 aromatic carbocycles. The van der Waals surface area contributed by atoms with Gasteiger partial charge in [-0.1, -0.05) is 26.8 Å². The summed E-state index contributed by atoms with van der Waals surface area (Å²) in [6, 6.07) is 0.535. The summed E-state index contributed by atoms with van der Waals surface area (Å²) >= 11 is 0. The van der Waals surface area contributed by atoms with E-state index in [2.05, 4.69) is 35.5 Å². The second-order valence-electron chi connectivity index (χ2n) is 8.55. The molecule has 2 fully saturated rings. The molecule has 5 heteroatoms. The largest absolute Gasteiger partial charge is 0.383 e. The molecule has 0 saturated carbocycles. The maximum Gasteiger partial charge on any atom is 0.246 e. The van der Waals surface area contributed by atoms with Crippen LogP contribution in [0.3, 0.4) is 0 Å². The Morgan fingerprint density at radius 1 is 1.19 bits per heavy atom. The van der Waals surface area contributed by atoms with Gasteiger partial charge in [0.2, 0.25) is 5.91 Å². The summed E-state index contributed by atoms with van der Waals surface area (Å²) in [7, 11) is 1.77. The Kier molecular flexibility index (Phi) is 9.80. The van der Waals surface area contributed by atoms with Crippen LogP contribution < -0.4 is 0 Å². The van der Waals surface area contributed by atoms with Gasteiger partial charge in [0.25, 0.3) is 0 Å². The molecular formula is C22H41N3O2. The Balaban J connectivity index is 1.92. The Morgan fingerprint density at radius 3 is 2.56 bits per heavy atom. The van der Waals surface area contributed by atoms with Crippen LogP contribution in [0.25, 0.3) is 0 Å². The second-order valence-corrected chi connectivity index (χ2v) is 8.55. The van der Waals surface area contributed by atoms with Crippen molar-refractivity contribution in [2.24, 2.45) is 11.8 Å². The number of hydrogen-bond donors (Lipinski definition) is 0. The number of nitrogens with zero attached hydrogens (tertiary/aromatic N) is 3. The van der Waals surface area contributed by atoms with E-state index in [0.29, 0.717) is 17.9 Å². The molecule has 0 N–H and O–H groups in total. The number of allylic oxidation sites excluding steroid dienone is 1. The molecule has 0 bridgehead atoms. The fourth-order valence-electron chi connectivity index (χ4n) is 4.33. The van der Waals surface area contributed by atoms with Gasteiger partial charge in [0.15, 0.2) is 0 Å². The molecule has 0 radical (unpaired) electrons. The van der Waals surface area contributed by atoms with Gasteiger partial charge in [0, 0.05) is 32.8 Å². The number of methoxy groups -OCH3 is 1. The number of rotatable bonds is 10. The van der Waals surface area contributed by atoms with Crippen molar-refractivity contribution in [3.05, 3.63) is 12.2 Å². The van der Waals surface area contributed by atoms with Crippen LogP contribution in [0, 0.1) is 11.8 Å². The van der Waals surface area contributed by atoms with Crippen molar-refractivity contribution in [1.82, 2.24) is 14.7 Å². The minimum Gasteiger partial charge on any atom is -0.383 e. The highest BCUT2D eigenvalue weighted by molar-refractivity contribution is 5.87. The molecule has 0 spiro atoms. The Bertz CT molecular complexity index is 458. The molecule has 2 aliphatic heterocycles. The third-order valence-electron chi connectivity index (χ3n) is 6.07. The van der Waals surface area contributed by atoms with Crippen molar-refractivity contribution in [3.63, 3.8) is 0 Å². The summed E-state index contributed by atoms with van der Waals surface area (Å²) in [6.07, 6.45) is 8.70. The maximum atomic E-state index is 12.9. The van der Waals surface area contributed by atoms with Crippen molar-refractivity contribution in [2.45, 2.75) is 52.5 Å². The monoisotopic (exact) mass is 379 g/mol. The van der Waals surface area contributed by atoms with Gasteiger partial charge in [-0.3, -0.25) is 9.69 Å². The SMILES string of the molecule is CCN1CCCC1CN(CC1CCN(CCOC)CC1)C(=O)C=CC(C)C. The van der Waals surface area contributed by atoms with E-state index in [1.54, 1.807) is 7.11 Å². The molecule has 0 aromatic rings. The number of likely N-dealkylation sites (tertiary alicyclic amines) is 2. The zero-order valence-corrected chi connectivity index (χ0v) is 18.0. The summed E-state index contributed by atoms with van der Waals surface area (Å²) in [5, 5.41) is 0. The molecule has 5 nitrogen and oxygen atoms in total. The van der Waals surface area contributed by atoms with Gasteiger partial charge in [-0.25, -0.2) is 0 Å². The van der Waals surface area contributed by atoms with Crippen LogP contribution in [0.1, 0.15) is 46.5 Å². The van der Waals surface area contributed by atoms with E-state index in [4.69, 9.17) is 4.74 Å². The minimum atomic E-state index is 0.202. The van der Waals surface area contributed by atoms with Crippen molar-refractivity contribution in [2.75, 3.05) is 59.5 Å². The topological polar surface area (TPSA) is 36.0 Å². The van der Waals surface area contributed by atoms with Crippen molar-refractivity contribution in [3.8, 4) is 0 Å². The first-order valence-corrected chi connectivity index (χ1v) is 11.0. The van der Waals surface area contributed by atoms with Crippen molar-refractivity contribution >= 4 is 5.91 Å². The first kappa shape index (κ1) is 22.4. The summed E-state index contributed by atoms with van der Waals surface area (Å²) < 4.78 is 5.20. The van der Waals surface area contributed by atoms with Crippen molar-refractivity contribution in [1.29, 1.82) is 0 Å².